The Kier molecular flexibility index (Phi) is 5.18. The standard InChI is InChI=1S/C8H13F/c1-3-5-6-7-8(9)4-2/h4,6-7H,3,5H2,1-2H3. The zero-order valence-corrected chi connectivity index (χ0v) is 6.02. The van der Waals surface area contributed by atoms with E-state index >= 15 is 0 Å². The average molecular weight is 128 g/mol. The summed E-state index contributed by atoms with van der Waals surface area (Å²) in [7, 11) is 0. The van der Waals surface area contributed by atoms with Gasteiger partial charge >= 0.3 is 0 Å². The molecule has 52 valence electrons. The van der Waals surface area contributed by atoms with Gasteiger partial charge in [0.15, 0.2) is 0 Å². The highest BCUT2D eigenvalue weighted by Gasteiger charge is 1.79. The molecule has 0 spiro atoms. The topological polar surface area (TPSA) is 0 Å². The Hall–Kier alpha value is -0.590. The van der Waals surface area contributed by atoms with E-state index in [0.717, 1.165) is 12.8 Å². The predicted octanol–water partition coefficient (Wildman–Crippen LogP) is 3.22. The zero-order chi connectivity index (χ0) is 7.11. The van der Waals surface area contributed by atoms with Crippen LogP contribution >= 0.6 is 0 Å². The number of allylic oxidation sites excluding steroid dienone is 4. The molecule has 0 rings (SSSR count). The first-order valence-electron chi connectivity index (χ1n) is 3.29. The summed E-state index contributed by atoms with van der Waals surface area (Å²) < 4.78 is 12.2. The SMILES string of the molecule is CC=C(F)C=CCCC. The van der Waals surface area contributed by atoms with Crippen LogP contribution in [-0.4, -0.2) is 0 Å². The van der Waals surface area contributed by atoms with E-state index in [9.17, 15) is 4.39 Å². The predicted molar refractivity (Wildman–Crippen MR) is 38.9 cm³/mol. The maximum absolute atomic E-state index is 12.2. The van der Waals surface area contributed by atoms with Crippen LogP contribution in [0.4, 0.5) is 4.39 Å². The second-order valence-corrected chi connectivity index (χ2v) is 1.86. The van der Waals surface area contributed by atoms with E-state index in [4.69, 9.17) is 0 Å². The number of unbranched alkanes of at least 4 members (excludes halogenated alkanes) is 1. The van der Waals surface area contributed by atoms with Gasteiger partial charge in [0.05, 0.1) is 0 Å². The second-order valence-electron chi connectivity index (χ2n) is 1.86. The lowest BCUT2D eigenvalue weighted by atomic mass is 10.3. The summed E-state index contributed by atoms with van der Waals surface area (Å²) in [6.07, 6.45) is 6.83. The first-order valence-corrected chi connectivity index (χ1v) is 3.29. The number of rotatable bonds is 3. The Balaban J connectivity index is 3.45. The molecule has 0 bridgehead atoms. The van der Waals surface area contributed by atoms with Gasteiger partial charge in [0.1, 0.15) is 5.83 Å². The lowest BCUT2D eigenvalue weighted by molar-refractivity contribution is 0.663. The molecule has 0 amide bonds. The lowest BCUT2D eigenvalue weighted by Gasteiger charge is -1.83. The maximum Gasteiger partial charge on any atom is 0.118 e. The van der Waals surface area contributed by atoms with Crippen LogP contribution in [0.1, 0.15) is 26.7 Å². The van der Waals surface area contributed by atoms with E-state index in [2.05, 4.69) is 6.92 Å². The van der Waals surface area contributed by atoms with Gasteiger partial charge in [-0.1, -0.05) is 25.5 Å². The zero-order valence-electron chi connectivity index (χ0n) is 6.02. The minimum absolute atomic E-state index is 0.150. The first kappa shape index (κ1) is 8.41. The van der Waals surface area contributed by atoms with E-state index in [0.29, 0.717) is 0 Å². The molecule has 0 aliphatic rings. The summed E-state index contributed by atoms with van der Waals surface area (Å²) in [5, 5.41) is 0. The van der Waals surface area contributed by atoms with Crippen LogP contribution in [0.5, 0.6) is 0 Å². The van der Waals surface area contributed by atoms with Gasteiger partial charge in [0, 0.05) is 0 Å². The van der Waals surface area contributed by atoms with Crippen LogP contribution in [0.3, 0.4) is 0 Å². The quantitative estimate of drug-likeness (QED) is 0.512. The van der Waals surface area contributed by atoms with E-state index in [1.54, 1.807) is 6.92 Å². The van der Waals surface area contributed by atoms with Crippen LogP contribution < -0.4 is 0 Å². The monoisotopic (exact) mass is 128 g/mol. The van der Waals surface area contributed by atoms with Crippen molar-refractivity contribution in [3.8, 4) is 0 Å². The summed E-state index contributed by atoms with van der Waals surface area (Å²) in [5.41, 5.74) is 0. The smallest absolute Gasteiger partial charge is 0.118 e. The number of hydrogen-bond donors (Lipinski definition) is 0. The third kappa shape index (κ3) is 5.28. The molecule has 0 unspecified atom stereocenters. The van der Waals surface area contributed by atoms with Crippen molar-refractivity contribution in [2.24, 2.45) is 0 Å². The highest BCUT2D eigenvalue weighted by molar-refractivity contribution is 5.09. The van der Waals surface area contributed by atoms with Gasteiger partial charge in [-0.3, -0.25) is 0 Å². The molecular formula is C8H13F. The lowest BCUT2D eigenvalue weighted by Crippen LogP contribution is -1.63. The van der Waals surface area contributed by atoms with Gasteiger partial charge in [-0.05, 0) is 19.4 Å². The molecule has 0 saturated heterocycles. The Morgan fingerprint density at radius 1 is 1.56 bits per heavy atom. The Morgan fingerprint density at radius 3 is 2.67 bits per heavy atom. The molecule has 0 aromatic carbocycles. The Labute approximate surface area is 56.1 Å². The maximum atomic E-state index is 12.2. The van der Waals surface area contributed by atoms with Gasteiger partial charge in [-0.2, -0.15) is 0 Å². The first-order chi connectivity index (χ1) is 4.31. The molecule has 0 atom stereocenters. The van der Waals surface area contributed by atoms with E-state index in [1.807, 2.05) is 6.08 Å². The van der Waals surface area contributed by atoms with E-state index in [1.165, 1.54) is 12.2 Å². The molecule has 0 aromatic heterocycles. The third-order valence-electron chi connectivity index (χ3n) is 1.01. The fraction of sp³-hybridized carbons (Fsp3) is 0.500. The summed E-state index contributed by atoms with van der Waals surface area (Å²) in [6, 6.07) is 0. The second kappa shape index (κ2) is 5.54. The fourth-order valence-corrected chi connectivity index (χ4v) is 0.459. The van der Waals surface area contributed by atoms with Gasteiger partial charge in [0.2, 0.25) is 0 Å². The van der Waals surface area contributed by atoms with Crippen molar-refractivity contribution in [3.63, 3.8) is 0 Å². The van der Waals surface area contributed by atoms with Crippen molar-refractivity contribution in [2.45, 2.75) is 26.7 Å². The van der Waals surface area contributed by atoms with Gasteiger partial charge in [0.25, 0.3) is 0 Å². The van der Waals surface area contributed by atoms with Crippen molar-refractivity contribution in [3.05, 3.63) is 24.1 Å². The van der Waals surface area contributed by atoms with Crippen LogP contribution in [0.25, 0.3) is 0 Å². The summed E-state index contributed by atoms with van der Waals surface area (Å²) in [4.78, 5) is 0. The molecule has 0 aliphatic heterocycles. The molecule has 1 heteroatoms. The van der Waals surface area contributed by atoms with Crippen molar-refractivity contribution in [2.75, 3.05) is 0 Å². The van der Waals surface area contributed by atoms with Crippen LogP contribution in [0.15, 0.2) is 24.1 Å². The minimum atomic E-state index is -0.150. The van der Waals surface area contributed by atoms with Crippen LogP contribution in [-0.2, 0) is 0 Å². The molecule has 0 fully saturated rings. The molecule has 0 nitrogen and oxygen atoms in total. The molecule has 9 heavy (non-hydrogen) atoms. The summed E-state index contributed by atoms with van der Waals surface area (Å²) in [6.45, 7) is 3.75. The van der Waals surface area contributed by atoms with Crippen molar-refractivity contribution in [1.29, 1.82) is 0 Å². The highest BCUT2D eigenvalue weighted by Crippen LogP contribution is 1.99. The van der Waals surface area contributed by atoms with E-state index < -0.39 is 0 Å². The third-order valence-corrected chi connectivity index (χ3v) is 1.01. The van der Waals surface area contributed by atoms with Gasteiger partial charge in [-0.25, -0.2) is 4.39 Å². The molecule has 0 radical (unpaired) electrons. The molecule has 0 aliphatic carbocycles. The van der Waals surface area contributed by atoms with E-state index in [-0.39, 0.29) is 5.83 Å². The van der Waals surface area contributed by atoms with Gasteiger partial charge < -0.3 is 0 Å². The Morgan fingerprint density at radius 2 is 2.22 bits per heavy atom. The molecule has 0 aromatic rings. The minimum Gasteiger partial charge on any atom is -0.207 e. The van der Waals surface area contributed by atoms with Crippen molar-refractivity contribution < 1.29 is 4.39 Å². The van der Waals surface area contributed by atoms with Crippen molar-refractivity contribution in [1.82, 2.24) is 0 Å². The summed E-state index contributed by atoms with van der Waals surface area (Å²) >= 11 is 0. The summed E-state index contributed by atoms with van der Waals surface area (Å²) in [5.74, 6) is -0.150. The number of hydrogen-bond acceptors (Lipinski definition) is 0. The Bertz CT molecular complexity index is 112. The van der Waals surface area contributed by atoms with Crippen LogP contribution in [0, 0.1) is 0 Å². The fourth-order valence-electron chi connectivity index (χ4n) is 0.459. The normalized spacial score (nSPS) is 13.0. The average Bonchev–Trinajstić information content (AvgIpc) is 1.89. The molecule has 0 heterocycles. The molecule has 0 N–H and O–H groups in total. The largest absolute Gasteiger partial charge is 0.207 e. The van der Waals surface area contributed by atoms with Gasteiger partial charge in [-0.15, -0.1) is 0 Å². The molecule has 0 saturated carbocycles. The number of halogens is 1. The molecular weight excluding hydrogens is 115 g/mol. The van der Waals surface area contributed by atoms with Crippen molar-refractivity contribution >= 4 is 0 Å². The highest BCUT2D eigenvalue weighted by atomic mass is 19.1. The van der Waals surface area contributed by atoms with Crippen LogP contribution in [0.2, 0.25) is 0 Å².